The number of esters is 1. The number of carbonyl (C=O) groups excluding carboxylic acids is 3. The van der Waals surface area contributed by atoms with Crippen molar-refractivity contribution in [2.24, 2.45) is 0 Å². The Balaban J connectivity index is 2.04. The van der Waals surface area contributed by atoms with Crippen LogP contribution in [0.25, 0.3) is 0 Å². The Morgan fingerprint density at radius 1 is 1.00 bits per heavy atom. The molecule has 5 nitrogen and oxygen atoms in total. The molecule has 0 spiro atoms. The van der Waals surface area contributed by atoms with Gasteiger partial charge in [0.2, 0.25) is 5.12 Å². The Morgan fingerprint density at radius 2 is 1.58 bits per heavy atom. The SMILES string of the molecule is COC(=O)C(CSC(=O)c1cccc(C)c1)NC(=O)c1cccc(C)c1. The normalized spacial score (nSPS) is 11.5. The maximum Gasteiger partial charge on any atom is 0.329 e. The number of ether oxygens (including phenoxy) is 1. The van der Waals surface area contributed by atoms with Gasteiger partial charge in [-0.05, 0) is 32.0 Å². The quantitative estimate of drug-likeness (QED) is 0.790. The average molecular weight is 371 g/mol. The number of benzene rings is 2. The van der Waals surface area contributed by atoms with Crippen molar-refractivity contribution in [3.63, 3.8) is 0 Å². The Kier molecular flexibility index (Phi) is 6.97. The fraction of sp³-hybridized carbons (Fsp3) is 0.250. The van der Waals surface area contributed by atoms with Crippen molar-refractivity contribution in [1.29, 1.82) is 0 Å². The molecule has 2 aromatic rings. The molecule has 0 saturated heterocycles. The van der Waals surface area contributed by atoms with Crippen molar-refractivity contribution in [3.8, 4) is 0 Å². The highest BCUT2D eigenvalue weighted by atomic mass is 32.2. The molecule has 0 radical (unpaired) electrons. The lowest BCUT2D eigenvalue weighted by atomic mass is 10.1. The van der Waals surface area contributed by atoms with E-state index in [1.54, 1.807) is 36.4 Å². The monoisotopic (exact) mass is 371 g/mol. The van der Waals surface area contributed by atoms with Gasteiger partial charge in [0, 0.05) is 16.9 Å². The summed E-state index contributed by atoms with van der Waals surface area (Å²) in [6, 6.07) is 13.4. The smallest absolute Gasteiger partial charge is 0.329 e. The molecular formula is C20H21NO4S. The molecule has 0 heterocycles. The number of aryl methyl sites for hydroxylation is 2. The maximum atomic E-state index is 12.4. The van der Waals surface area contributed by atoms with E-state index >= 15 is 0 Å². The van der Waals surface area contributed by atoms with Gasteiger partial charge < -0.3 is 10.1 Å². The second-order valence-electron chi connectivity index (χ2n) is 5.89. The summed E-state index contributed by atoms with van der Waals surface area (Å²) in [5.74, 6) is -0.875. The van der Waals surface area contributed by atoms with E-state index in [1.807, 2.05) is 26.0 Å². The molecule has 6 heteroatoms. The summed E-state index contributed by atoms with van der Waals surface area (Å²) in [5, 5.41) is 2.48. The summed E-state index contributed by atoms with van der Waals surface area (Å²) in [7, 11) is 1.25. The van der Waals surface area contributed by atoms with Crippen LogP contribution in [0.15, 0.2) is 48.5 Å². The summed E-state index contributed by atoms with van der Waals surface area (Å²) in [4.78, 5) is 36.7. The highest BCUT2D eigenvalue weighted by Crippen LogP contribution is 2.16. The highest BCUT2D eigenvalue weighted by molar-refractivity contribution is 8.14. The molecule has 1 amide bonds. The molecule has 0 aliphatic rings. The molecular weight excluding hydrogens is 350 g/mol. The van der Waals surface area contributed by atoms with Crippen LogP contribution < -0.4 is 5.32 Å². The van der Waals surface area contributed by atoms with Crippen molar-refractivity contribution < 1.29 is 19.1 Å². The molecule has 0 aromatic heterocycles. The second kappa shape index (κ2) is 9.20. The van der Waals surface area contributed by atoms with Crippen molar-refractivity contribution in [2.45, 2.75) is 19.9 Å². The minimum Gasteiger partial charge on any atom is -0.467 e. The van der Waals surface area contributed by atoms with E-state index in [-0.39, 0.29) is 16.8 Å². The molecule has 0 aliphatic heterocycles. The Morgan fingerprint density at radius 3 is 2.15 bits per heavy atom. The van der Waals surface area contributed by atoms with Crippen LogP contribution in [0, 0.1) is 13.8 Å². The van der Waals surface area contributed by atoms with Crippen molar-refractivity contribution in [1.82, 2.24) is 5.32 Å². The lowest BCUT2D eigenvalue weighted by Gasteiger charge is -2.16. The highest BCUT2D eigenvalue weighted by Gasteiger charge is 2.24. The van der Waals surface area contributed by atoms with E-state index in [0.717, 1.165) is 22.9 Å². The number of thioether (sulfide) groups is 1. The maximum absolute atomic E-state index is 12.4. The zero-order chi connectivity index (χ0) is 19.1. The molecule has 0 saturated carbocycles. The molecule has 26 heavy (non-hydrogen) atoms. The predicted molar refractivity (Wildman–Crippen MR) is 102 cm³/mol. The zero-order valence-corrected chi connectivity index (χ0v) is 15.8. The molecule has 0 fully saturated rings. The molecule has 1 N–H and O–H groups in total. The van der Waals surface area contributed by atoms with Gasteiger partial charge in [0.05, 0.1) is 7.11 Å². The Bertz CT molecular complexity index is 819. The predicted octanol–water partition coefficient (Wildman–Crippen LogP) is 3.15. The zero-order valence-electron chi connectivity index (χ0n) is 14.9. The van der Waals surface area contributed by atoms with Crippen LogP contribution in [0.3, 0.4) is 0 Å². The topological polar surface area (TPSA) is 72.5 Å². The van der Waals surface area contributed by atoms with Gasteiger partial charge in [0.1, 0.15) is 6.04 Å². The van der Waals surface area contributed by atoms with Gasteiger partial charge in [-0.2, -0.15) is 0 Å². The van der Waals surface area contributed by atoms with E-state index in [0.29, 0.717) is 11.1 Å². The van der Waals surface area contributed by atoms with Gasteiger partial charge in [0.15, 0.2) is 0 Å². The third-order valence-corrected chi connectivity index (χ3v) is 4.70. The first-order valence-corrected chi connectivity index (χ1v) is 9.08. The lowest BCUT2D eigenvalue weighted by molar-refractivity contribution is -0.142. The van der Waals surface area contributed by atoms with Gasteiger partial charge in [-0.1, -0.05) is 53.2 Å². The number of methoxy groups -OCH3 is 1. The van der Waals surface area contributed by atoms with Crippen LogP contribution in [-0.4, -0.2) is 35.9 Å². The molecule has 136 valence electrons. The first-order chi connectivity index (χ1) is 12.4. The fourth-order valence-electron chi connectivity index (χ4n) is 2.35. The van der Waals surface area contributed by atoms with E-state index in [2.05, 4.69) is 5.32 Å². The lowest BCUT2D eigenvalue weighted by Crippen LogP contribution is -2.43. The van der Waals surface area contributed by atoms with Crippen LogP contribution >= 0.6 is 11.8 Å². The van der Waals surface area contributed by atoms with Crippen molar-refractivity contribution in [3.05, 3.63) is 70.8 Å². The Hall–Kier alpha value is -2.60. The minimum absolute atomic E-state index is 0.0943. The summed E-state index contributed by atoms with van der Waals surface area (Å²) in [6.45, 7) is 3.78. The second-order valence-corrected chi connectivity index (χ2v) is 6.88. The van der Waals surface area contributed by atoms with Gasteiger partial charge >= 0.3 is 5.97 Å². The van der Waals surface area contributed by atoms with Crippen LogP contribution in [0.2, 0.25) is 0 Å². The third kappa shape index (κ3) is 5.46. The number of hydrogen-bond donors (Lipinski definition) is 1. The molecule has 1 unspecified atom stereocenters. The summed E-state index contributed by atoms with van der Waals surface area (Å²) >= 11 is 0.976. The molecule has 2 aromatic carbocycles. The molecule has 1 atom stereocenters. The summed E-state index contributed by atoms with van der Waals surface area (Å²) in [6.07, 6.45) is 0. The number of nitrogens with one attached hydrogen (secondary N) is 1. The number of carbonyl (C=O) groups is 3. The largest absolute Gasteiger partial charge is 0.467 e. The van der Waals surface area contributed by atoms with Crippen molar-refractivity contribution in [2.75, 3.05) is 12.9 Å². The van der Waals surface area contributed by atoms with E-state index < -0.39 is 12.0 Å². The molecule has 2 rings (SSSR count). The van der Waals surface area contributed by atoms with Crippen LogP contribution in [0.1, 0.15) is 31.8 Å². The number of hydrogen-bond acceptors (Lipinski definition) is 5. The van der Waals surface area contributed by atoms with Gasteiger partial charge in [-0.3, -0.25) is 9.59 Å². The minimum atomic E-state index is -0.910. The van der Waals surface area contributed by atoms with Gasteiger partial charge in [-0.25, -0.2) is 4.79 Å². The molecule has 0 aliphatic carbocycles. The van der Waals surface area contributed by atoms with Crippen molar-refractivity contribution >= 4 is 28.8 Å². The standard InChI is InChI=1S/C20H21NO4S/c1-13-6-4-8-15(10-13)18(22)21-17(19(23)25-3)12-26-20(24)16-9-5-7-14(2)11-16/h4-11,17H,12H2,1-3H3,(H,21,22). The van der Waals surface area contributed by atoms with E-state index in [4.69, 9.17) is 4.74 Å². The number of amides is 1. The average Bonchev–Trinajstić information content (AvgIpc) is 2.64. The summed E-state index contributed by atoms with van der Waals surface area (Å²) < 4.78 is 4.75. The van der Waals surface area contributed by atoms with E-state index in [1.165, 1.54) is 7.11 Å². The molecule has 0 bridgehead atoms. The summed E-state index contributed by atoms with van der Waals surface area (Å²) in [5.41, 5.74) is 2.93. The van der Waals surface area contributed by atoms with Crippen LogP contribution in [0.4, 0.5) is 0 Å². The van der Waals surface area contributed by atoms with Crippen LogP contribution in [-0.2, 0) is 9.53 Å². The van der Waals surface area contributed by atoms with Gasteiger partial charge in [-0.15, -0.1) is 0 Å². The van der Waals surface area contributed by atoms with Crippen LogP contribution in [0.5, 0.6) is 0 Å². The fourth-order valence-corrected chi connectivity index (χ4v) is 3.18. The first-order valence-electron chi connectivity index (χ1n) is 8.10. The first kappa shape index (κ1) is 19.7. The Labute approximate surface area is 157 Å². The third-order valence-electron chi connectivity index (χ3n) is 3.71. The van der Waals surface area contributed by atoms with E-state index in [9.17, 15) is 14.4 Å². The number of rotatable bonds is 6. The van der Waals surface area contributed by atoms with Gasteiger partial charge in [0.25, 0.3) is 5.91 Å².